The summed E-state index contributed by atoms with van der Waals surface area (Å²) in [5.41, 5.74) is 0. The molecule has 0 aromatic rings. The van der Waals surface area contributed by atoms with E-state index in [1.165, 1.54) is 122 Å². The van der Waals surface area contributed by atoms with Gasteiger partial charge in [0.15, 0.2) is 6.10 Å². The van der Waals surface area contributed by atoms with Crippen molar-refractivity contribution in [2.75, 3.05) is 13.2 Å². The van der Waals surface area contributed by atoms with Crippen LogP contribution in [0.1, 0.15) is 284 Å². The normalized spacial score (nSPS) is 12.9. The van der Waals surface area contributed by atoms with Gasteiger partial charge in [-0.3, -0.25) is 14.4 Å². The second-order valence-electron chi connectivity index (χ2n) is 20.6. The summed E-state index contributed by atoms with van der Waals surface area (Å²) in [7, 11) is 0. The van der Waals surface area contributed by atoms with E-state index in [0.717, 1.165) is 116 Å². The number of hydrogen-bond acceptors (Lipinski definition) is 6. The average molecular weight is 1050 g/mol. The zero-order chi connectivity index (χ0) is 55.0. The number of ether oxygens (including phenoxy) is 3. The van der Waals surface area contributed by atoms with Crippen molar-refractivity contribution in [2.45, 2.75) is 290 Å². The first kappa shape index (κ1) is 71.8. The minimum atomic E-state index is -0.806. The lowest BCUT2D eigenvalue weighted by Crippen LogP contribution is -2.30. The Hall–Kier alpha value is -4.19. The van der Waals surface area contributed by atoms with Gasteiger partial charge in [0.2, 0.25) is 0 Å². The molecule has 0 rings (SSSR count). The molecule has 0 N–H and O–H groups in total. The molecule has 0 aromatic heterocycles. The molecule has 0 aliphatic carbocycles. The van der Waals surface area contributed by atoms with Crippen LogP contribution in [0.4, 0.5) is 0 Å². The highest BCUT2D eigenvalue weighted by Gasteiger charge is 2.19. The van der Waals surface area contributed by atoms with Crippen molar-refractivity contribution in [3.05, 3.63) is 122 Å². The van der Waals surface area contributed by atoms with Crippen molar-refractivity contribution in [3.8, 4) is 0 Å². The molecular weight excluding hydrogens is 937 g/mol. The Bertz CT molecular complexity index is 1590. The molecule has 1 unspecified atom stereocenters. The summed E-state index contributed by atoms with van der Waals surface area (Å²) in [6, 6.07) is 0. The quantitative estimate of drug-likeness (QED) is 0.0261. The SMILES string of the molecule is CC/C=C\C/C=C\C/C=C\C/C=C\C/C=C\C/C=C\C/C=C\C/C=C\CCCCC(=O)OCC(COC(=O)CCCCCCC/C=C\CCCCCCC)OC(=O)CCCCCCCCC/C=C\CCCCCCCC. The number of carbonyl (C=O) groups is 3. The van der Waals surface area contributed by atoms with Crippen LogP contribution in [-0.4, -0.2) is 37.2 Å². The minimum Gasteiger partial charge on any atom is -0.462 e. The number of allylic oxidation sites excluding steroid dienone is 20. The Kier molecular flexibility index (Phi) is 59.9. The summed E-state index contributed by atoms with van der Waals surface area (Å²) >= 11 is 0. The van der Waals surface area contributed by atoms with Crippen molar-refractivity contribution in [1.29, 1.82) is 0 Å². The van der Waals surface area contributed by atoms with Gasteiger partial charge in [-0.25, -0.2) is 0 Å². The highest BCUT2D eigenvalue weighted by molar-refractivity contribution is 5.71. The molecule has 0 aliphatic rings. The van der Waals surface area contributed by atoms with Crippen molar-refractivity contribution < 1.29 is 28.6 Å². The number of esters is 3. The lowest BCUT2D eigenvalue weighted by Gasteiger charge is -2.18. The van der Waals surface area contributed by atoms with E-state index in [0.29, 0.717) is 25.7 Å². The zero-order valence-electron chi connectivity index (χ0n) is 49.5. The highest BCUT2D eigenvalue weighted by atomic mass is 16.6. The first-order valence-electron chi connectivity index (χ1n) is 31.5. The molecule has 0 bridgehead atoms. The molecule has 0 fully saturated rings. The van der Waals surface area contributed by atoms with Crippen molar-refractivity contribution in [2.24, 2.45) is 0 Å². The van der Waals surface area contributed by atoms with Gasteiger partial charge in [-0.05, 0) is 135 Å². The maximum atomic E-state index is 12.9. The van der Waals surface area contributed by atoms with Gasteiger partial charge in [-0.2, -0.15) is 0 Å². The van der Waals surface area contributed by atoms with E-state index in [-0.39, 0.29) is 31.1 Å². The molecule has 6 nitrogen and oxygen atoms in total. The maximum absolute atomic E-state index is 12.9. The van der Waals surface area contributed by atoms with Crippen LogP contribution in [0.15, 0.2) is 122 Å². The topological polar surface area (TPSA) is 78.9 Å². The fourth-order valence-corrected chi connectivity index (χ4v) is 8.45. The van der Waals surface area contributed by atoms with Crippen LogP contribution in [-0.2, 0) is 28.6 Å². The smallest absolute Gasteiger partial charge is 0.306 e. The van der Waals surface area contributed by atoms with Gasteiger partial charge in [0.1, 0.15) is 13.2 Å². The van der Waals surface area contributed by atoms with Crippen molar-refractivity contribution in [1.82, 2.24) is 0 Å². The Morgan fingerprint density at radius 3 is 0.842 bits per heavy atom. The third-order valence-electron chi connectivity index (χ3n) is 13.2. The molecule has 0 aromatic carbocycles. The third kappa shape index (κ3) is 60.7. The zero-order valence-corrected chi connectivity index (χ0v) is 49.5. The number of hydrogen-bond donors (Lipinski definition) is 0. The summed E-state index contributed by atoms with van der Waals surface area (Å²) in [6.07, 6.45) is 87.7. The van der Waals surface area contributed by atoms with E-state index in [1.807, 2.05) is 0 Å². The van der Waals surface area contributed by atoms with Gasteiger partial charge >= 0.3 is 17.9 Å². The summed E-state index contributed by atoms with van der Waals surface area (Å²) in [6.45, 7) is 6.48. The second kappa shape index (κ2) is 63.3. The molecule has 0 spiro atoms. The molecule has 0 amide bonds. The van der Waals surface area contributed by atoms with Gasteiger partial charge in [-0.1, -0.05) is 251 Å². The molecular formula is C70H116O6. The van der Waals surface area contributed by atoms with E-state index < -0.39 is 6.10 Å². The fourth-order valence-electron chi connectivity index (χ4n) is 8.45. The largest absolute Gasteiger partial charge is 0.462 e. The second-order valence-corrected chi connectivity index (χ2v) is 20.6. The maximum Gasteiger partial charge on any atom is 0.306 e. The van der Waals surface area contributed by atoms with Crippen LogP contribution in [0.3, 0.4) is 0 Å². The van der Waals surface area contributed by atoms with Crippen molar-refractivity contribution >= 4 is 17.9 Å². The first-order chi connectivity index (χ1) is 37.5. The Morgan fingerprint density at radius 2 is 0.513 bits per heavy atom. The van der Waals surface area contributed by atoms with Crippen molar-refractivity contribution in [3.63, 3.8) is 0 Å². The number of unbranched alkanes of at least 4 members (excludes halogenated alkanes) is 25. The monoisotopic (exact) mass is 1050 g/mol. The van der Waals surface area contributed by atoms with E-state index in [4.69, 9.17) is 14.2 Å². The van der Waals surface area contributed by atoms with Crippen LogP contribution in [0.2, 0.25) is 0 Å². The van der Waals surface area contributed by atoms with Gasteiger partial charge in [-0.15, -0.1) is 0 Å². The molecule has 432 valence electrons. The first-order valence-corrected chi connectivity index (χ1v) is 31.5. The van der Waals surface area contributed by atoms with E-state index in [1.54, 1.807) is 0 Å². The standard InChI is InChI=1S/C70H116O6/c1-4-7-10-13-16-19-22-25-28-30-31-32-33-34-35-36-37-38-39-41-42-45-48-51-54-57-60-63-69(72)75-66-67(65-74-68(71)62-59-56-53-50-47-44-27-24-21-18-15-12-9-6-3)76-70(73)64-61-58-55-52-49-46-43-40-29-26-23-20-17-14-11-8-5-2/h7,10,16,19,24-29,31-32,34-35,37-38,41-42,48,51,67H,4-6,8-9,11-15,17-18,20-23,30,33,36,39-40,43-47,49-50,52-66H2,1-3H3/b10-7-,19-16-,27-24-,28-25-,29-26-,32-31-,35-34-,38-37-,42-41-,51-48-. The molecule has 0 aliphatic heterocycles. The summed E-state index contributed by atoms with van der Waals surface area (Å²) in [4.78, 5) is 38.3. The average Bonchev–Trinajstić information content (AvgIpc) is 3.42. The number of rotatable bonds is 56. The van der Waals surface area contributed by atoms with Gasteiger partial charge in [0.25, 0.3) is 0 Å². The van der Waals surface area contributed by atoms with E-state index in [2.05, 4.69) is 142 Å². The minimum absolute atomic E-state index is 0.0995. The lowest BCUT2D eigenvalue weighted by molar-refractivity contribution is -0.167. The molecule has 0 saturated heterocycles. The molecule has 0 heterocycles. The molecule has 1 atom stereocenters. The third-order valence-corrected chi connectivity index (χ3v) is 13.2. The van der Waals surface area contributed by atoms with Crippen LogP contribution < -0.4 is 0 Å². The summed E-state index contributed by atoms with van der Waals surface area (Å²) < 4.78 is 16.9. The highest BCUT2D eigenvalue weighted by Crippen LogP contribution is 2.14. The molecule has 76 heavy (non-hydrogen) atoms. The Labute approximate surface area is 469 Å². The van der Waals surface area contributed by atoms with Gasteiger partial charge < -0.3 is 14.2 Å². The summed E-state index contributed by atoms with van der Waals surface area (Å²) in [5, 5.41) is 0. The Morgan fingerprint density at radius 1 is 0.276 bits per heavy atom. The van der Waals surface area contributed by atoms with Crippen LogP contribution in [0.25, 0.3) is 0 Å². The fraction of sp³-hybridized carbons (Fsp3) is 0.671. The predicted molar refractivity (Wildman–Crippen MR) is 330 cm³/mol. The molecule has 0 radical (unpaired) electrons. The predicted octanol–water partition coefficient (Wildman–Crippen LogP) is 21.6. The molecule has 6 heteroatoms. The molecule has 0 saturated carbocycles. The van der Waals surface area contributed by atoms with Crippen LogP contribution in [0.5, 0.6) is 0 Å². The van der Waals surface area contributed by atoms with Gasteiger partial charge in [0, 0.05) is 19.3 Å². The van der Waals surface area contributed by atoms with Gasteiger partial charge in [0.05, 0.1) is 0 Å². The lowest BCUT2D eigenvalue weighted by atomic mass is 10.1. The Balaban J connectivity index is 4.45. The number of carbonyl (C=O) groups excluding carboxylic acids is 3. The van der Waals surface area contributed by atoms with Crippen LogP contribution >= 0.6 is 0 Å². The van der Waals surface area contributed by atoms with E-state index in [9.17, 15) is 14.4 Å². The van der Waals surface area contributed by atoms with E-state index >= 15 is 0 Å². The van der Waals surface area contributed by atoms with Crippen LogP contribution in [0, 0.1) is 0 Å². The summed E-state index contributed by atoms with van der Waals surface area (Å²) in [5.74, 6) is -0.954.